The fourth-order valence-corrected chi connectivity index (χ4v) is 2.09. The minimum absolute atomic E-state index is 0.106. The third kappa shape index (κ3) is 2.19. The van der Waals surface area contributed by atoms with Gasteiger partial charge in [-0.3, -0.25) is 0 Å². The van der Waals surface area contributed by atoms with E-state index in [1.807, 2.05) is 0 Å². The Bertz CT molecular complexity index is 728. The number of alkyl halides is 1. The van der Waals surface area contributed by atoms with E-state index in [4.69, 9.17) is 4.74 Å². The van der Waals surface area contributed by atoms with Crippen LogP contribution in [-0.2, 0) is 0 Å². The van der Waals surface area contributed by atoms with Crippen LogP contribution in [0.3, 0.4) is 0 Å². The summed E-state index contributed by atoms with van der Waals surface area (Å²) in [4.78, 5) is 2.73. The fraction of sp³-hybridized carbons (Fsp3) is 0.200. The van der Waals surface area contributed by atoms with Crippen LogP contribution in [0.15, 0.2) is 42.3 Å². The molecule has 1 aromatic carbocycles. The molecule has 20 heavy (non-hydrogen) atoms. The van der Waals surface area contributed by atoms with Gasteiger partial charge in [-0.05, 0) is 31.2 Å². The van der Waals surface area contributed by atoms with Crippen LogP contribution in [0.4, 0.5) is 13.2 Å². The summed E-state index contributed by atoms with van der Waals surface area (Å²) in [5.74, 6) is -1.83. The van der Waals surface area contributed by atoms with Crippen molar-refractivity contribution in [1.82, 2.24) is 4.98 Å². The molecule has 2 nitrogen and oxygen atoms in total. The smallest absolute Gasteiger partial charge is 0.199 e. The number of hydrogen-bond donors (Lipinski definition) is 1. The van der Waals surface area contributed by atoms with E-state index < -0.39 is 23.1 Å². The Labute approximate surface area is 113 Å². The number of allylic oxidation sites excluding steroid dienone is 3. The summed E-state index contributed by atoms with van der Waals surface area (Å²) in [5, 5.41) is 0.247. The molecule has 0 saturated heterocycles. The largest absolute Gasteiger partial charge is 0.451 e. The Morgan fingerprint density at radius 1 is 1.35 bits per heavy atom. The first-order chi connectivity index (χ1) is 9.46. The highest BCUT2D eigenvalue weighted by molar-refractivity contribution is 5.82. The molecule has 1 aliphatic carbocycles. The van der Waals surface area contributed by atoms with Crippen LogP contribution in [0.25, 0.3) is 10.9 Å². The summed E-state index contributed by atoms with van der Waals surface area (Å²) >= 11 is 0. The predicted molar refractivity (Wildman–Crippen MR) is 70.2 cm³/mol. The number of rotatable bonds is 2. The standard InChI is InChI=1S/C15H12F3NO/c1-15(18)5-2-9(3-6-15)20-14-11(16)8-12-10(13(14)17)4-7-19-12/h2-5,7-8,19H,6H2,1H3. The van der Waals surface area contributed by atoms with E-state index in [9.17, 15) is 13.2 Å². The van der Waals surface area contributed by atoms with Crippen molar-refractivity contribution in [3.63, 3.8) is 0 Å². The summed E-state index contributed by atoms with van der Waals surface area (Å²) in [6.07, 6.45) is 5.79. The summed E-state index contributed by atoms with van der Waals surface area (Å²) in [6, 6.07) is 2.67. The Morgan fingerprint density at radius 2 is 2.15 bits per heavy atom. The lowest BCUT2D eigenvalue weighted by Gasteiger charge is -2.19. The van der Waals surface area contributed by atoms with Gasteiger partial charge in [-0.2, -0.15) is 0 Å². The molecule has 0 aliphatic heterocycles. The second kappa shape index (κ2) is 4.44. The highest BCUT2D eigenvalue weighted by atomic mass is 19.1. The maximum absolute atomic E-state index is 14.2. The van der Waals surface area contributed by atoms with Gasteiger partial charge in [0.25, 0.3) is 0 Å². The van der Waals surface area contributed by atoms with Gasteiger partial charge in [0.2, 0.25) is 0 Å². The molecule has 5 heteroatoms. The Morgan fingerprint density at radius 3 is 2.85 bits per heavy atom. The molecule has 0 saturated carbocycles. The lowest BCUT2D eigenvalue weighted by molar-refractivity contribution is 0.253. The molecule has 0 amide bonds. The average molecular weight is 279 g/mol. The molecule has 0 spiro atoms. The van der Waals surface area contributed by atoms with Crippen LogP contribution in [0.2, 0.25) is 0 Å². The highest BCUT2D eigenvalue weighted by Crippen LogP contribution is 2.32. The zero-order valence-corrected chi connectivity index (χ0v) is 10.7. The first-order valence-electron chi connectivity index (χ1n) is 6.17. The number of fused-ring (bicyclic) bond motifs is 1. The molecular formula is C15H12F3NO. The summed E-state index contributed by atoms with van der Waals surface area (Å²) in [7, 11) is 0. The monoisotopic (exact) mass is 279 g/mol. The van der Waals surface area contributed by atoms with Crippen LogP contribution in [-0.4, -0.2) is 10.7 Å². The summed E-state index contributed by atoms with van der Waals surface area (Å²) in [6.45, 7) is 1.42. The summed E-state index contributed by atoms with van der Waals surface area (Å²) in [5.41, 5.74) is -1.09. The van der Waals surface area contributed by atoms with Gasteiger partial charge in [0.15, 0.2) is 17.4 Å². The van der Waals surface area contributed by atoms with Crippen LogP contribution in [0.5, 0.6) is 5.75 Å². The molecule has 0 bridgehead atoms. The lowest BCUT2D eigenvalue weighted by atomic mass is 9.99. The van der Waals surface area contributed by atoms with E-state index in [1.54, 1.807) is 0 Å². The van der Waals surface area contributed by atoms with Crippen LogP contribution in [0.1, 0.15) is 13.3 Å². The molecule has 1 atom stereocenters. The normalized spacial score (nSPS) is 22.1. The second-order valence-electron chi connectivity index (χ2n) is 4.96. The Balaban J connectivity index is 1.96. The van der Waals surface area contributed by atoms with Gasteiger partial charge < -0.3 is 9.72 Å². The fourth-order valence-electron chi connectivity index (χ4n) is 2.09. The molecule has 3 rings (SSSR count). The van der Waals surface area contributed by atoms with Crippen molar-refractivity contribution in [3.05, 3.63) is 54.0 Å². The van der Waals surface area contributed by atoms with E-state index in [0.717, 1.165) is 0 Å². The van der Waals surface area contributed by atoms with Crippen LogP contribution in [0, 0.1) is 11.6 Å². The minimum Gasteiger partial charge on any atom is -0.451 e. The van der Waals surface area contributed by atoms with Crippen molar-refractivity contribution in [2.75, 3.05) is 0 Å². The van der Waals surface area contributed by atoms with Gasteiger partial charge in [0, 0.05) is 24.1 Å². The van der Waals surface area contributed by atoms with Crippen LogP contribution >= 0.6 is 0 Å². The molecule has 1 aromatic heterocycles. The van der Waals surface area contributed by atoms with Crippen molar-refractivity contribution >= 4 is 10.9 Å². The topological polar surface area (TPSA) is 25.0 Å². The molecule has 0 fully saturated rings. The number of benzene rings is 1. The summed E-state index contributed by atoms with van der Waals surface area (Å²) < 4.78 is 46.8. The van der Waals surface area contributed by atoms with Crippen molar-refractivity contribution in [2.24, 2.45) is 0 Å². The first-order valence-corrected chi connectivity index (χ1v) is 6.17. The van der Waals surface area contributed by atoms with Crippen molar-refractivity contribution in [2.45, 2.75) is 19.0 Å². The minimum atomic E-state index is -1.45. The van der Waals surface area contributed by atoms with E-state index in [1.165, 1.54) is 43.5 Å². The average Bonchev–Trinajstić information content (AvgIpc) is 2.84. The molecule has 104 valence electrons. The third-order valence-electron chi connectivity index (χ3n) is 3.22. The number of H-pyrrole nitrogens is 1. The highest BCUT2D eigenvalue weighted by Gasteiger charge is 2.23. The maximum atomic E-state index is 14.2. The van der Waals surface area contributed by atoms with E-state index in [-0.39, 0.29) is 17.6 Å². The molecule has 1 heterocycles. The van der Waals surface area contributed by atoms with Gasteiger partial charge in [-0.25, -0.2) is 13.2 Å². The predicted octanol–water partition coefficient (Wildman–Crippen LogP) is 4.40. The zero-order valence-electron chi connectivity index (χ0n) is 10.7. The number of nitrogens with one attached hydrogen (secondary N) is 1. The molecule has 1 aliphatic rings. The van der Waals surface area contributed by atoms with Crippen molar-refractivity contribution < 1.29 is 17.9 Å². The quantitative estimate of drug-likeness (QED) is 0.866. The SMILES string of the molecule is CC1(F)C=CC(Oc2c(F)cc3[nH]ccc3c2F)=CC1. The third-order valence-corrected chi connectivity index (χ3v) is 3.22. The van der Waals surface area contributed by atoms with Crippen molar-refractivity contribution in [1.29, 1.82) is 0 Å². The number of aromatic amines is 1. The van der Waals surface area contributed by atoms with E-state index >= 15 is 0 Å². The number of ether oxygens (including phenoxy) is 1. The zero-order chi connectivity index (χ0) is 14.3. The van der Waals surface area contributed by atoms with Gasteiger partial charge >= 0.3 is 0 Å². The van der Waals surface area contributed by atoms with Gasteiger partial charge in [0.05, 0.1) is 5.52 Å². The molecule has 1 unspecified atom stereocenters. The first kappa shape index (κ1) is 12.8. The van der Waals surface area contributed by atoms with Crippen LogP contribution < -0.4 is 4.74 Å². The Kier molecular flexibility index (Phi) is 2.85. The second-order valence-corrected chi connectivity index (χ2v) is 4.96. The number of halogens is 3. The van der Waals surface area contributed by atoms with E-state index in [2.05, 4.69) is 4.98 Å². The molecule has 1 N–H and O–H groups in total. The molecule has 0 radical (unpaired) electrons. The van der Waals surface area contributed by atoms with Gasteiger partial charge in [-0.1, -0.05) is 0 Å². The number of hydrogen-bond acceptors (Lipinski definition) is 1. The Hall–Kier alpha value is -2.17. The van der Waals surface area contributed by atoms with E-state index in [0.29, 0.717) is 5.52 Å². The lowest BCUT2D eigenvalue weighted by Crippen LogP contribution is -2.16. The molecule has 2 aromatic rings. The maximum Gasteiger partial charge on any atom is 0.199 e. The number of aromatic nitrogens is 1. The van der Waals surface area contributed by atoms with Crippen molar-refractivity contribution in [3.8, 4) is 5.75 Å². The van der Waals surface area contributed by atoms with Gasteiger partial charge in [-0.15, -0.1) is 0 Å². The van der Waals surface area contributed by atoms with Gasteiger partial charge in [0.1, 0.15) is 11.4 Å². The molecular weight excluding hydrogens is 267 g/mol.